The first kappa shape index (κ1) is 26.0. The second-order valence-corrected chi connectivity index (χ2v) is 9.86. The molecule has 1 fully saturated rings. The SMILES string of the molecule is CN(C)CC(C)(C)COC(=O)N1CC[C@H](n2cc(C(N)=O)c(Nc3ccc(F)cc3)n2)[C@@H](C#N)C1. The molecule has 1 saturated heterocycles. The minimum Gasteiger partial charge on any atom is -0.449 e. The van der Waals surface area contributed by atoms with E-state index in [1.807, 2.05) is 32.8 Å². The number of nitrogens with zero attached hydrogens (tertiary/aromatic N) is 5. The maximum atomic E-state index is 13.2. The van der Waals surface area contributed by atoms with Crippen LogP contribution in [0.3, 0.4) is 0 Å². The lowest BCUT2D eigenvalue weighted by molar-refractivity contribution is 0.0441. The molecule has 1 aliphatic rings. The third-order valence-electron chi connectivity index (χ3n) is 5.78. The van der Waals surface area contributed by atoms with Gasteiger partial charge in [0.25, 0.3) is 5.91 Å². The fraction of sp³-hybridized carbons (Fsp3) is 0.500. The number of halogens is 1. The summed E-state index contributed by atoms with van der Waals surface area (Å²) in [5.41, 5.74) is 6.01. The average Bonchev–Trinajstić information content (AvgIpc) is 3.21. The zero-order valence-corrected chi connectivity index (χ0v) is 20.5. The van der Waals surface area contributed by atoms with Crippen molar-refractivity contribution in [3.63, 3.8) is 0 Å². The number of aromatic nitrogens is 2. The van der Waals surface area contributed by atoms with Crippen LogP contribution in [0.2, 0.25) is 0 Å². The summed E-state index contributed by atoms with van der Waals surface area (Å²) in [6.07, 6.45) is 1.50. The van der Waals surface area contributed by atoms with Crippen molar-refractivity contribution in [2.24, 2.45) is 17.1 Å². The number of nitrogens with one attached hydrogen (secondary N) is 1. The van der Waals surface area contributed by atoms with Crippen LogP contribution in [0.15, 0.2) is 30.5 Å². The van der Waals surface area contributed by atoms with Crippen LogP contribution in [0.1, 0.15) is 36.7 Å². The van der Waals surface area contributed by atoms with Gasteiger partial charge in [0.05, 0.1) is 24.6 Å². The third kappa shape index (κ3) is 6.70. The normalized spacial score (nSPS) is 18.3. The number of amides is 2. The summed E-state index contributed by atoms with van der Waals surface area (Å²) in [4.78, 5) is 28.2. The number of rotatable bonds is 8. The van der Waals surface area contributed by atoms with Gasteiger partial charge in [0.15, 0.2) is 5.82 Å². The van der Waals surface area contributed by atoms with E-state index in [2.05, 4.69) is 16.5 Å². The Morgan fingerprint density at radius 1 is 1.34 bits per heavy atom. The van der Waals surface area contributed by atoms with Gasteiger partial charge in [0.2, 0.25) is 0 Å². The van der Waals surface area contributed by atoms with Crippen molar-refractivity contribution in [1.82, 2.24) is 19.6 Å². The second kappa shape index (κ2) is 10.7. The Labute approximate surface area is 204 Å². The van der Waals surface area contributed by atoms with Crippen molar-refractivity contribution >= 4 is 23.5 Å². The molecular weight excluding hydrogens is 453 g/mol. The van der Waals surface area contributed by atoms with Gasteiger partial charge in [-0.25, -0.2) is 9.18 Å². The third-order valence-corrected chi connectivity index (χ3v) is 5.78. The first-order valence-electron chi connectivity index (χ1n) is 11.4. The lowest BCUT2D eigenvalue weighted by Crippen LogP contribution is -2.45. The van der Waals surface area contributed by atoms with Crippen molar-refractivity contribution in [1.29, 1.82) is 5.26 Å². The van der Waals surface area contributed by atoms with E-state index in [9.17, 15) is 19.2 Å². The summed E-state index contributed by atoms with van der Waals surface area (Å²) in [6.45, 7) is 5.63. The lowest BCUT2D eigenvalue weighted by atomic mass is 9.93. The molecule has 1 aliphatic heterocycles. The van der Waals surface area contributed by atoms with E-state index in [-0.39, 0.29) is 41.8 Å². The van der Waals surface area contributed by atoms with Crippen LogP contribution >= 0.6 is 0 Å². The Bertz CT molecular complexity index is 1090. The van der Waals surface area contributed by atoms with E-state index in [0.29, 0.717) is 18.7 Å². The summed E-state index contributed by atoms with van der Waals surface area (Å²) in [5, 5.41) is 17.2. The van der Waals surface area contributed by atoms with Crippen LogP contribution in [0, 0.1) is 28.5 Å². The van der Waals surface area contributed by atoms with Crippen LogP contribution in [0.25, 0.3) is 0 Å². The summed E-state index contributed by atoms with van der Waals surface area (Å²) in [6, 6.07) is 7.49. The molecule has 2 aromatic rings. The molecule has 188 valence electrons. The highest BCUT2D eigenvalue weighted by Crippen LogP contribution is 2.31. The van der Waals surface area contributed by atoms with Gasteiger partial charge in [-0.3, -0.25) is 9.48 Å². The van der Waals surface area contributed by atoms with E-state index in [0.717, 1.165) is 6.54 Å². The van der Waals surface area contributed by atoms with Crippen molar-refractivity contribution < 1.29 is 18.7 Å². The molecule has 2 atom stereocenters. The number of nitrogens with two attached hydrogens (primary N) is 1. The van der Waals surface area contributed by atoms with Gasteiger partial charge >= 0.3 is 6.09 Å². The standard InChI is InChI=1S/C24H32FN7O3/c1-24(2,14-30(3)4)15-35-23(34)31-10-9-20(16(11-26)12-31)32-13-19(21(27)33)22(29-32)28-18-7-5-17(25)6-8-18/h5-8,13,16,20H,9-10,12,14-15H2,1-4H3,(H2,27,33)(H,28,29)/t16-,20-/m0/s1. The Morgan fingerprint density at radius 2 is 2.03 bits per heavy atom. The van der Waals surface area contributed by atoms with E-state index in [1.165, 1.54) is 35.4 Å². The number of ether oxygens (including phenoxy) is 1. The molecule has 10 nitrogen and oxygen atoms in total. The minimum atomic E-state index is -0.685. The summed E-state index contributed by atoms with van der Waals surface area (Å²) in [5.74, 6) is -1.42. The number of hydrogen-bond acceptors (Lipinski definition) is 7. The van der Waals surface area contributed by atoms with Gasteiger partial charge in [-0.2, -0.15) is 10.4 Å². The van der Waals surface area contributed by atoms with Crippen LogP contribution in [0.4, 0.5) is 20.7 Å². The Balaban J connectivity index is 1.70. The topological polar surface area (TPSA) is 130 Å². The van der Waals surface area contributed by atoms with Gasteiger partial charge in [-0.05, 0) is 44.8 Å². The number of carbonyl (C=O) groups is 2. The molecule has 0 spiro atoms. The smallest absolute Gasteiger partial charge is 0.409 e. The largest absolute Gasteiger partial charge is 0.449 e. The van der Waals surface area contributed by atoms with Crippen LogP contribution in [0.5, 0.6) is 0 Å². The molecule has 0 bridgehead atoms. The maximum Gasteiger partial charge on any atom is 0.409 e. The molecule has 3 N–H and O–H groups in total. The van der Waals surface area contributed by atoms with E-state index in [4.69, 9.17) is 10.5 Å². The van der Waals surface area contributed by atoms with Crippen molar-refractivity contribution in [3.05, 3.63) is 41.8 Å². The van der Waals surface area contributed by atoms with Crippen LogP contribution < -0.4 is 11.1 Å². The first-order chi connectivity index (χ1) is 16.5. The van der Waals surface area contributed by atoms with Gasteiger partial charge in [-0.1, -0.05) is 13.8 Å². The van der Waals surface area contributed by atoms with Gasteiger partial charge < -0.3 is 25.6 Å². The van der Waals surface area contributed by atoms with E-state index >= 15 is 0 Å². The quantitative estimate of drug-likeness (QED) is 0.588. The summed E-state index contributed by atoms with van der Waals surface area (Å²) in [7, 11) is 3.93. The minimum absolute atomic E-state index is 0.149. The van der Waals surface area contributed by atoms with Crippen molar-refractivity contribution in [3.8, 4) is 6.07 Å². The van der Waals surface area contributed by atoms with E-state index in [1.54, 1.807) is 4.68 Å². The first-order valence-corrected chi connectivity index (χ1v) is 11.4. The summed E-state index contributed by atoms with van der Waals surface area (Å²) < 4.78 is 20.3. The molecule has 0 saturated carbocycles. The molecule has 0 unspecified atom stereocenters. The predicted molar refractivity (Wildman–Crippen MR) is 128 cm³/mol. The Morgan fingerprint density at radius 3 is 2.63 bits per heavy atom. The molecular formula is C24H32FN7O3. The number of likely N-dealkylation sites (tertiary alicyclic amines) is 1. The molecule has 2 amide bonds. The fourth-order valence-corrected chi connectivity index (χ4v) is 4.30. The molecule has 11 heteroatoms. The number of nitriles is 1. The number of carbonyl (C=O) groups excluding carboxylic acids is 2. The maximum absolute atomic E-state index is 13.2. The Kier molecular flexibility index (Phi) is 7.96. The number of benzene rings is 1. The highest BCUT2D eigenvalue weighted by molar-refractivity contribution is 5.98. The highest BCUT2D eigenvalue weighted by Gasteiger charge is 2.35. The average molecular weight is 486 g/mol. The van der Waals surface area contributed by atoms with Gasteiger partial charge in [-0.15, -0.1) is 0 Å². The molecule has 35 heavy (non-hydrogen) atoms. The number of piperidine rings is 1. The Hall–Kier alpha value is -3.65. The van der Waals surface area contributed by atoms with Crippen molar-refractivity contribution in [2.75, 3.05) is 45.7 Å². The monoisotopic (exact) mass is 485 g/mol. The summed E-state index contributed by atoms with van der Waals surface area (Å²) >= 11 is 0. The second-order valence-electron chi connectivity index (χ2n) is 9.86. The zero-order chi connectivity index (χ0) is 25.8. The molecule has 0 radical (unpaired) electrons. The number of anilines is 2. The molecule has 0 aliphatic carbocycles. The number of hydrogen-bond donors (Lipinski definition) is 2. The number of primary amides is 1. The van der Waals surface area contributed by atoms with E-state index < -0.39 is 17.9 Å². The van der Waals surface area contributed by atoms with Crippen molar-refractivity contribution in [2.45, 2.75) is 26.3 Å². The fourth-order valence-electron chi connectivity index (χ4n) is 4.30. The molecule has 1 aromatic carbocycles. The van der Waals surface area contributed by atoms with Gasteiger partial charge in [0, 0.05) is 36.9 Å². The molecule has 2 heterocycles. The predicted octanol–water partition coefficient (Wildman–Crippen LogP) is 2.98. The van der Waals surface area contributed by atoms with Crippen LogP contribution in [-0.4, -0.2) is 71.9 Å². The van der Waals surface area contributed by atoms with Gasteiger partial charge in [0.1, 0.15) is 11.4 Å². The lowest BCUT2D eigenvalue weighted by Gasteiger charge is -2.35. The molecule has 3 rings (SSSR count). The highest BCUT2D eigenvalue weighted by atomic mass is 19.1. The zero-order valence-electron chi connectivity index (χ0n) is 20.5. The van der Waals surface area contributed by atoms with Crippen LogP contribution in [-0.2, 0) is 4.74 Å². The molecule has 1 aromatic heterocycles.